The Hall–Kier alpha value is -2.61. The van der Waals surface area contributed by atoms with Crippen molar-refractivity contribution in [2.75, 3.05) is 5.32 Å². The lowest BCUT2D eigenvalue weighted by Crippen LogP contribution is -2.30. The van der Waals surface area contributed by atoms with Crippen molar-refractivity contribution in [3.63, 3.8) is 0 Å². The topological polar surface area (TPSA) is 75.3 Å². The number of allylic oxidation sites excluding steroid dienone is 2. The highest BCUT2D eigenvalue weighted by Crippen LogP contribution is 2.32. The summed E-state index contributed by atoms with van der Waals surface area (Å²) >= 11 is 6.87. The Bertz CT molecular complexity index is 1080. The van der Waals surface area contributed by atoms with Gasteiger partial charge in [-0.1, -0.05) is 72.4 Å². The van der Waals surface area contributed by atoms with Crippen LogP contribution in [-0.4, -0.2) is 16.0 Å². The monoisotopic (exact) mass is 444 g/mol. The lowest BCUT2D eigenvalue weighted by molar-refractivity contribution is 0.105. The zero-order valence-electron chi connectivity index (χ0n) is 15.4. The molecule has 1 aliphatic rings. The van der Waals surface area contributed by atoms with Crippen molar-refractivity contribution in [2.24, 2.45) is 0 Å². The summed E-state index contributed by atoms with van der Waals surface area (Å²) in [7, 11) is -1.80. The summed E-state index contributed by atoms with van der Waals surface area (Å²) in [6.07, 6.45) is 3.49. The largest absolute Gasteiger partial charge is 0.331 e. The van der Waals surface area contributed by atoms with Gasteiger partial charge >= 0.3 is 6.03 Å². The molecule has 1 aliphatic carbocycles. The quantitative estimate of drug-likeness (QED) is 0.615. The van der Waals surface area contributed by atoms with E-state index >= 15 is 0 Å². The molecule has 2 aromatic carbocycles. The Morgan fingerprint density at radius 3 is 2.52 bits per heavy atom. The van der Waals surface area contributed by atoms with Crippen molar-refractivity contribution in [2.45, 2.75) is 6.92 Å². The number of halogens is 1. The highest BCUT2D eigenvalue weighted by Gasteiger charge is 2.23. The van der Waals surface area contributed by atoms with Gasteiger partial charge in [0.2, 0.25) is 0 Å². The van der Waals surface area contributed by atoms with E-state index in [9.17, 15) is 13.8 Å². The second kappa shape index (κ2) is 9.26. The second-order valence-corrected chi connectivity index (χ2v) is 9.20. The van der Waals surface area contributed by atoms with Gasteiger partial charge in [0, 0.05) is 16.8 Å². The summed E-state index contributed by atoms with van der Waals surface area (Å²) in [6.45, 7) is 5.38. The third-order valence-corrected chi connectivity index (χ3v) is 6.63. The molecule has 2 amide bonds. The Balaban J connectivity index is 1.61. The molecule has 0 bridgehead atoms. The molecule has 0 saturated carbocycles. The molecular formula is C21H17ClN2O3S2. The van der Waals surface area contributed by atoms with E-state index in [0.717, 1.165) is 22.9 Å². The van der Waals surface area contributed by atoms with Gasteiger partial charge < -0.3 is 5.32 Å². The first-order valence-electron chi connectivity index (χ1n) is 8.53. The molecule has 0 aromatic heterocycles. The highest BCUT2D eigenvalue weighted by molar-refractivity contribution is 8.19. The zero-order valence-corrected chi connectivity index (χ0v) is 17.8. The van der Waals surface area contributed by atoms with Gasteiger partial charge in [-0.05, 0) is 36.3 Å². The van der Waals surface area contributed by atoms with Gasteiger partial charge in [0.05, 0.1) is 8.60 Å². The third kappa shape index (κ3) is 5.06. The average Bonchev–Trinajstić information content (AvgIpc) is 3.05. The SMILES string of the molecule is C=C(S/C(Cl)=C\C)S(=O)NC(=O)Nc1ccc(C2=Cc3ccccc3C2=O)cc1. The first-order valence-corrected chi connectivity index (χ1v) is 10.9. The molecule has 1 atom stereocenters. The number of rotatable bonds is 6. The number of anilines is 1. The van der Waals surface area contributed by atoms with E-state index < -0.39 is 17.0 Å². The van der Waals surface area contributed by atoms with E-state index in [-0.39, 0.29) is 10.0 Å². The van der Waals surface area contributed by atoms with E-state index in [4.69, 9.17) is 11.6 Å². The number of Topliss-reactive ketones (excluding diaryl/α,β-unsaturated/α-hetero) is 1. The molecule has 0 heterocycles. The predicted octanol–water partition coefficient (Wildman–Crippen LogP) is 5.51. The van der Waals surface area contributed by atoms with Crippen molar-refractivity contribution in [3.05, 3.63) is 86.5 Å². The molecule has 0 radical (unpaired) electrons. The first kappa shape index (κ1) is 21.1. The van der Waals surface area contributed by atoms with E-state index in [1.165, 1.54) is 0 Å². The lowest BCUT2D eigenvalue weighted by atomic mass is 10.0. The molecule has 29 heavy (non-hydrogen) atoms. The van der Waals surface area contributed by atoms with Gasteiger partial charge in [-0.15, -0.1) is 0 Å². The van der Waals surface area contributed by atoms with Crippen molar-refractivity contribution in [1.29, 1.82) is 0 Å². The van der Waals surface area contributed by atoms with E-state index in [1.807, 2.05) is 24.3 Å². The first-order chi connectivity index (χ1) is 13.9. The van der Waals surface area contributed by atoms with Crippen LogP contribution in [0.5, 0.6) is 0 Å². The molecule has 1 unspecified atom stereocenters. The molecule has 2 N–H and O–H groups in total. The van der Waals surface area contributed by atoms with Crippen LogP contribution >= 0.6 is 23.4 Å². The van der Waals surface area contributed by atoms with Gasteiger partial charge in [-0.25, -0.2) is 9.00 Å². The maximum atomic E-state index is 12.5. The van der Waals surface area contributed by atoms with Crippen LogP contribution in [0.2, 0.25) is 0 Å². The van der Waals surface area contributed by atoms with Crippen molar-refractivity contribution in [3.8, 4) is 0 Å². The third-order valence-electron chi connectivity index (χ3n) is 4.03. The lowest BCUT2D eigenvalue weighted by Gasteiger charge is -2.09. The molecular weight excluding hydrogens is 428 g/mol. The van der Waals surface area contributed by atoms with Crippen LogP contribution < -0.4 is 10.0 Å². The van der Waals surface area contributed by atoms with Crippen molar-refractivity contribution in [1.82, 2.24) is 4.72 Å². The Labute approximate surface area is 180 Å². The number of hydrogen-bond donors (Lipinski definition) is 2. The molecule has 2 aromatic rings. The Morgan fingerprint density at radius 2 is 1.86 bits per heavy atom. The molecule has 0 spiro atoms. The minimum Gasteiger partial charge on any atom is -0.307 e. The fraction of sp³-hybridized carbons (Fsp3) is 0.0476. The second-order valence-electron chi connectivity index (χ2n) is 5.94. The molecule has 5 nitrogen and oxygen atoms in total. The van der Waals surface area contributed by atoms with Crippen molar-refractivity contribution >= 4 is 63.5 Å². The number of thioether (sulfide) groups is 1. The fourth-order valence-electron chi connectivity index (χ4n) is 2.65. The summed E-state index contributed by atoms with van der Waals surface area (Å²) in [6, 6.07) is 13.6. The van der Waals surface area contributed by atoms with Crippen LogP contribution in [-0.2, 0) is 11.0 Å². The standard InChI is InChI=1S/C21H17ClN2O3S2/c1-3-19(22)28-13(2)29(27)24-21(26)23-16-10-8-14(9-11-16)18-12-15-6-4-5-7-17(15)20(18)25/h3-12H,2H2,1H3,(H2,23,24,26)/b19-3-. The summed E-state index contributed by atoms with van der Waals surface area (Å²) < 4.78 is 15.0. The highest BCUT2D eigenvalue weighted by atomic mass is 35.5. The molecule has 0 fully saturated rings. The minimum atomic E-state index is -1.80. The van der Waals surface area contributed by atoms with Crippen LogP contribution in [0.15, 0.2) is 69.8 Å². The molecule has 0 saturated heterocycles. The smallest absolute Gasteiger partial charge is 0.307 e. The maximum Gasteiger partial charge on any atom is 0.331 e. The minimum absolute atomic E-state index is 0.0229. The van der Waals surface area contributed by atoms with E-state index in [0.29, 0.717) is 21.2 Å². The van der Waals surface area contributed by atoms with Crippen molar-refractivity contribution < 1.29 is 13.8 Å². The number of hydrogen-bond acceptors (Lipinski definition) is 4. The Morgan fingerprint density at radius 1 is 1.17 bits per heavy atom. The number of carbonyl (C=O) groups is 2. The van der Waals surface area contributed by atoms with E-state index in [2.05, 4.69) is 16.6 Å². The molecule has 148 valence electrons. The molecule has 0 aliphatic heterocycles. The van der Waals surface area contributed by atoms with Crippen LogP contribution in [0.25, 0.3) is 11.6 Å². The van der Waals surface area contributed by atoms with Crippen LogP contribution in [0, 0.1) is 0 Å². The average molecular weight is 445 g/mol. The number of urea groups is 1. The number of ketones is 1. The zero-order chi connectivity index (χ0) is 21.0. The summed E-state index contributed by atoms with van der Waals surface area (Å²) in [5, 5.41) is 2.60. The maximum absolute atomic E-state index is 12.5. The predicted molar refractivity (Wildman–Crippen MR) is 122 cm³/mol. The molecule has 3 rings (SSSR count). The number of fused-ring (bicyclic) bond motifs is 1. The number of benzene rings is 2. The van der Waals surface area contributed by atoms with Gasteiger partial charge in [-0.2, -0.15) is 0 Å². The number of carbonyl (C=O) groups excluding carboxylic acids is 2. The fourth-order valence-corrected chi connectivity index (χ4v) is 4.43. The molecule has 8 heteroatoms. The summed E-state index contributed by atoms with van der Waals surface area (Å²) in [5.74, 6) is -0.0229. The van der Waals surface area contributed by atoms with Gasteiger partial charge in [-0.3, -0.25) is 9.52 Å². The number of amides is 2. The Kier molecular flexibility index (Phi) is 6.74. The van der Waals surface area contributed by atoms with Gasteiger partial charge in [0.25, 0.3) is 0 Å². The van der Waals surface area contributed by atoms with Gasteiger partial charge in [0.15, 0.2) is 16.8 Å². The van der Waals surface area contributed by atoms with E-state index in [1.54, 1.807) is 43.3 Å². The van der Waals surface area contributed by atoms with Crippen LogP contribution in [0.3, 0.4) is 0 Å². The van der Waals surface area contributed by atoms with Gasteiger partial charge in [0.1, 0.15) is 0 Å². The summed E-state index contributed by atoms with van der Waals surface area (Å²) in [4.78, 5) is 24.6. The van der Waals surface area contributed by atoms with Crippen LogP contribution in [0.4, 0.5) is 10.5 Å². The normalized spacial score (nSPS) is 14.1. The number of nitrogens with one attached hydrogen (secondary N) is 2. The summed E-state index contributed by atoms with van der Waals surface area (Å²) in [5.41, 5.74) is 3.44. The van der Waals surface area contributed by atoms with Crippen LogP contribution in [0.1, 0.15) is 28.4 Å².